The van der Waals surface area contributed by atoms with Crippen LogP contribution in [0.5, 0.6) is 0 Å². The lowest BCUT2D eigenvalue weighted by atomic mass is 9.95. The van der Waals surface area contributed by atoms with E-state index >= 15 is 0 Å². The predicted molar refractivity (Wildman–Crippen MR) is 42.2 cm³/mol. The molecule has 0 bridgehead atoms. The van der Waals surface area contributed by atoms with E-state index in [0.29, 0.717) is 0 Å². The minimum Gasteiger partial charge on any atom is -0.343 e. The normalized spacial score (nSPS) is 27.6. The molecule has 12 heavy (non-hydrogen) atoms. The predicted octanol–water partition coefficient (Wildman–Crippen LogP) is 1.20. The SMILES string of the molecule is O=C1N[C@H](c2ccccc2)[C@H]1F. The molecule has 0 aromatic heterocycles. The number of hydrogen-bond donors (Lipinski definition) is 1. The van der Waals surface area contributed by atoms with Crippen molar-refractivity contribution in [2.75, 3.05) is 0 Å². The van der Waals surface area contributed by atoms with Gasteiger partial charge in [0, 0.05) is 0 Å². The molecule has 0 radical (unpaired) electrons. The molecule has 1 amide bonds. The van der Waals surface area contributed by atoms with E-state index in [1.807, 2.05) is 18.2 Å². The Morgan fingerprint density at radius 1 is 1.25 bits per heavy atom. The number of halogens is 1. The van der Waals surface area contributed by atoms with Crippen LogP contribution in [0.2, 0.25) is 0 Å². The number of alkyl halides is 1. The van der Waals surface area contributed by atoms with Gasteiger partial charge >= 0.3 is 0 Å². The molecular weight excluding hydrogens is 157 g/mol. The van der Waals surface area contributed by atoms with Crippen LogP contribution < -0.4 is 5.32 Å². The Kier molecular flexibility index (Phi) is 1.57. The first-order chi connectivity index (χ1) is 5.79. The third-order valence-electron chi connectivity index (χ3n) is 2.00. The standard InChI is InChI=1S/C9H8FNO/c10-7-8(11-9(7)12)6-4-2-1-3-5-6/h1-5,7-8H,(H,11,12)/t7-,8-/m1/s1. The summed E-state index contributed by atoms with van der Waals surface area (Å²) in [6.07, 6.45) is -1.37. The Labute approximate surface area is 69.4 Å². The Bertz CT molecular complexity index is 299. The average molecular weight is 165 g/mol. The highest BCUT2D eigenvalue weighted by Gasteiger charge is 2.40. The number of β-lactam (4-membered cyclic amide) rings is 1. The monoisotopic (exact) mass is 165 g/mol. The van der Waals surface area contributed by atoms with Crippen molar-refractivity contribution >= 4 is 5.91 Å². The van der Waals surface area contributed by atoms with Crippen molar-refractivity contribution in [3.8, 4) is 0 Å². The molecule has 62 valence electrons. The summed E-state index contributed by atoms with van der Waals surface area (Å²) < 4.78 is 12.8. The van der Waals surface area contributed by atoms with Gasteiger partial charge in [0.05, 0.1) is 6.04 Å². The smallest absolute Gasteiger partial charge is 0.257 e. The Balaban J connectivity index is 2.18. The van der Waals surface area contributed by atoms with E-state index in [9.17, 15) is 9.18 Å². The number of benzene rings is 1. The molecule has 1 N–H and O–H groups in total. The van der Waals surface area contributed by atoms with Gasteiger partial charge in [0.15, 0.2) is 0 Å². The lowest BCUT2D eigenvalue weighted by molar-refractivity contribution is -0.136. The maximum atomic E-state index is 12.8. The van der Waals surface area contributed by atoms with E-state index in [-0.39, 0.29) is 0 Å². The quantitative estimate of drug-likeness (QED) is 0.622. The van der Waals surface area contributed by atoms with Gasteiger partial charge in [-0.15, -0.1) is 0 Å². The van der Waals surface area contributed by atoms with E-state index in [0.717, 1.165) is 5.56 Å². The molecule has 1 aromatic rings. The van der Waals surface area contributed by atoms with Crippen LogP contribution in [0, 0.1) is 0 Å². The first kappa shape index (κ1) is 7.28. The van der Waals surface area contributed by atoms with Crippen LogP contribution in [-0.4, -0.2) is 12.1 Å². The summed E-state index contributed by atoms with van der Waals surface area (Å²) in [5, 5.41) is 2.49. The van der Waals surface area contributed by atoms with Gasteiger partial charge in [0.1, 0.15) is 0 Å². The molecule has 1 saturated heterocycles. The van der Waals surface area contributed by atoms with Gasteiger partial charge in [-0.1, -0.05) is 30.3 Å². The topological polar surface area (TPSA) is 29.1 Å². The second kappa shape index (κ2) is 2.59. The van der Waals surface area contributed by atoms with Crippen molar-refractivity contribution in [3.05, 3.63) is 35.9 Å². The third kappa shape index (κ3) is 0.978. The van der Waals surface area contributed by atoms with Crippen LogP contribution in [0.25, 0.3) is 0 Å². The summed E-state index contributed by atoms with van der Waals surface area (Å²) in [4.78, 5) is 10.5. The molecule has 2 atom stereocenters. The third-order valence-corrected chi connectivity index (χ3v) is 2.00. The van der Waals surface area contributed by atoms with Crippen LogP contribution in [0.15, 0.2) is 30.3 Å². The van der Waals surface area contributed by atoms with Crippen molar-refractivity contribution < 1.29 is 9.18 Å². The molecule has 1 aliphatic rings. The highest BCUT2D eigenvalue weighted by Crippen LogP contribution is 2.26. The highest BCUT2D eigenvalue weighted by atomic mass is 19.1. The molecule has 2 nitrogen and oxygen atoms in total. The Morgan fingerprint density at radius 3 is 2.42 bits per heavy atom. The largest absolute Gasteiger partial charge is 0.343 e. The van der Waals surface area contributed by atoms with Crippen molar-refractivity contribution in [3.63, 3.8) is 0 Å². The molecule has 0 unspecified atom stereocenters. The van der Waals surface area contributed by atoms with E-state index in [1.54, 1.807) is 12.1 Å². The molecular formula is C9H8FNO. The van der Waals surface area contributed by atoms with E-state index < -0.39 is 18.1 Å². The number of carbonyl (C=O) groups is 1. The number of carbonyl (C=O) groups excluding carboxylic acids is 1. The zero-order valence-electron chi connectivity index (χ0n) is 6.33. The Hall–Kier alpha value is -1.38. The highest BCUT2D eigenvalue weighted by molar-refractivity contribution is 5.88. The van der Waals surface area contributed by atoms with Crippen molar-refractivity contribution in [2.24, 2.45) is 0 Å². The van der Waals surface area contributed by atoms with Crippen molar-refractivity contribution in [1.29, 1.82) is 0 Å². The fourth-order valence-electron chi connectivity index (χ4n) is 1.27. The number of hydrogen-bond acceptors (Lipinski definition) is 1. The van der Waals surface area contributed by atoms with Crippen LogP contribution in [0.4, 0.5) is 4.39 Å². The van der Waals surface area contributed by atoms with Gasteiger partial charge in [-0.3, -0.25) is 4.79 Å². The second-order valence-corrected chi connectivity index (χ2v) is 2.80. The second-order valence-electron chi connectivity index (χ2n) is 2.80. The van der Waals surface area contributed by atoms with Gasteiger partial charge in [0.2, 0.25) is 6.17 Å². The van der Waals surface area contributed by atoms with Gasteiger partial charge < -0.3 is 5.32 Å². The summed E-state index contributed by atoms with van der Waals surface area (Å²) in [5.74, 6) is -0.510. The first-order valence-corrected chi connectivity index (χ1v) is 3.78. The summed E-state index contributed by atoms with van der Waals surface area (Å²) in [6.45, 7) is 0. The van der Waals surface area contributed by atoms with Crippen LogP contribution in [-0.2, 0) is 4.79 Å². The maximum absolute atomic E-state index is 12.8. The van der Waals surface area contributed by atoms with Gasteiger partial charge in [0.25, 0.3) is 5.91 Å². The fraction of sp³-hybridized carbons (Fsp3) is 0.222. The number of amides is 1. The van der Waals surface area contributed by atoms with Crippen LogP contribution in [0.3, 0.4) is 0 Å². The average Bonchev–Trinajstić information content (AvgIpc) is 2.15. The minimum absolute atomic E-state index is 0.432. The van der Waals surface area contributed by atoms with Gasteiger partial charge in [-0.25, -0.2) is 4.39 Å². The lowest BCUT2D eigenvalue weighted by Gasteiger charge is -2.31. The first-order valence-electron chi connectivity index (χ1n) is 3.78. The molecule has 1 aliphatic heterocycles. The minimum atomic E-state index is -1.37. The van der Waals surface area contributed by atoms with Crippen molar-refractivity contribution in [1.82, 2.24) is 5.32 Å². The summed E-state index contributed by atoms with van der Waals surface area (Å²) in [6, 6.07) is 8.68. The number of nitrogens with one attached hydrogen (secondary N) is 1. The van der Waals surface area contributed by atoms with Gasteiger partial charge in [-0.05, 0) is 5.56 Å². The fourth-order valence-corrected chi connectivity index (χ4v) is 1.27. The summed E-state index contributed by atoms with van der Waals surface area (Å²) in [5.41, 5.74) is 0.824. The van der Waals surface area contributed by atoms with Crippen molar-refractivity contribution in [2.45, 2.75) is 12.2 Å². The van der Waals surface area contributed by atoms with Crippen LogP contribution >= 0.6 is 0 Å². The molecule has 1 fully saturated rings. The van der Waals surface area contributed by atoms with Gasteiger partial charge in [-0.2, -0.15) is 0 Å². The van der Waals surface area contributed by atoms with E-state index in [2.05, 4.69) is 5.32 Å². The molecule has 0 spiro atoms. The Morgan fingerprint density at radius 2 is 1.92 bits per heavy atom. The summed E-state index contributed by atoms with van der Waals surface area (Å²) in [7, 11) is 0. The number of rotatable bonds is 1. The zero-order chi connectivity index (χ0) is 8.55. The molecule has 3 heteroatoms. The van der Waals surface area contributed by atoms with E-state index in [4.69, 9.17) is 0 Å². The molecule has 2 rings (SSSR count). The molecule has 1 heterocycles. The summed E-state index contributed by atoms with van der Waals surface area (Å²) >= 11 is 0. The lowest BCUT2D eigenvalue weighted by Crippen LogP contribution is -2.53. The molecule has 0 saturated carbocycles. The molecule has 1 aromatic carbocycles. The zero-order valence-corrected chi connectivity index (χ0v) is 6.33. The molecule has 0 aliphatic carbocycles. The van der Waals surface area contributed by atoms with E-state index in [1.165, 1.54) is 0 Å². The van der Waals surface area contributed by atoms with Crippen LogP contribution in [0.1, 0.15) is 11.6 Å². The maximum Gasteiger partial charge on any atom is 0.257 e.